The predicted octanol–water partition coefficient (Wildman–Crippen LogP) is 19.0. The Hall–Kier alpha value is -19.9. The van der Waals surface area contributed by atoms with Gasteiger partial charge >= 0.3 is 0 Å². The lowest BCUT2D eigenvalue weighted by Crippen LogP contribution is -2.29. The fourth-order valence-electron chi connectivity index (χ4n) is 16.4. The zero-order valence-electron chi connectivity index (χ0n) is 76.3. The van der Waals surface area contributed by atoms with Crippen molar-refractivity contribution in [2.75, 3.05) is 19.0 Å². The quantitative estimate of drug-likeness (QED) is 0.0921. The average Bonchev–Trinajstić information content (AvgIpc) is 1.53. The number of hydrogen-bond acceptors (Lipinski definition) is 20. The molecule has 0 spiro atoms. The molecule has 25 heteroatoms. The van der Waals surface area contributed by atoms with Crippen molar-refractivity contribution in [3.8, 4) is 96.8 Å². The Balaban J connectivity index is 0.000000105. The van der Waals surface area contributed by atoms with Crippen molar-refractivity contribution >= 4 is 86.0 Å². The third kappa shape index (κ3) is 19.0. The van der Waals surface area contributed by atoms with Crippen molar-refractivity contribution < 1.29 is 0 Å². The van der Waals surface area contributed by atoms with E-state index in [4.69, 9.17) is 35.2 Å². The Morgan fingerprint density at radius 3 is 1.09 bits per heavy atom. The summed E-state index contributed by atoms with van der Waals surface area (Å²) in [5.41, 5.74) is 22.2. The molecule has 672 valence electrons. The summed E-state index contributed by atoms with van der Waals surface area (Å²) >= 11 is 0. The third-order valence-corrected chi connectivity index (χ3v) is 23.3. The summed E-state index contributed by atoms with van der Waals surface area (Å²) in [6.45, 7) is 1.71. The van der Waals surface area contributed by atoms with E-state index < -0.39 is 0 Å². The molecule has 24 aromatic rings. The molecule has 13 aromatic carbocycles. The molecule has 1 aliphatic rings. The van der Waals surface area contributed by atoms with Crippen LogP contribution < -0.4 is 31.3 Å². The molecule has 0 bridgehead atoms. The number of aromatic nitrogens is 21. The van der Waals surface area contributed by atoms with E-state index in [1.807, 2.05) is 298 Å². The molecular weight excluding hydrogens is 1750 g/mol. The van der Waals surface area contributed by atoms with Gasteiger partial charge in [0, 0.05) is 122 Å². The number of nitrogens with zero attached hydrogens (tertiary/aromatic N) is 24. The minimum absolute atomic E-state index is 0.225. The van der Waals surface area contributed by atoms with Crippen LogP contribution in [-0.4, -0.2) is 124 Å². The highest BCUT2D eigenvalue weighted by Crippen LogP contribution is 2.35. The first kappa shape index (κ1) is 87.8. The molecule has 0 saturated heterocycles. The molecule has 12 heterocycles. The Bertz CT molecular complexity index is 8510. The maximum absolute atomic E-state index is 12.9. The lowest BCUT2D eigenvalue weighted by Gasteiger charge is -2.12. The van der Waals surface area contributed by atoms with Crippen molar-refractivity contribution in [1.82, 2.24) is 104 Å². The molecule has 0 atom stereocenters. The first-order valence-corrected chi connectivity index (χ1v) is 45.4. The lowest BCUT2D eigenvalue weighted by molar-refractivity contribution is 0.826. The van der Waals surface area contributed by atoms with E-state index in [0.29, 0.717) is 68.7 Å². The molecule has 0 radical (unpaired) electrons. The minimum Gasteiger partial charge on any atom is -0.378 e. The molecular formula is C116H82N24O. The standard InChI is InChI=1S/C27H18N4.C23H19N5O.C23H16N4.C22H15N5.C21H14N6/c1-3-9-19(10-4-1)17-24-25(23-16-15-20-11-7-8-14-22(20)18-23)29-31-27(24)28-26(30-31)21-12-5-2-6-13-21;1-15-14-25-21-19(13-24)20(16-7-5-4-6-8-16)22(28(21)23(15)29)26-17-9-11-18(12-10-17)27(2)3;1-4-10-17(11-5-1)16-20-21(18-12-6-2-7-13-18)25-27-23(20)24-22(26-27)19-14-8-3-9-15-19;1-3-8-16(9-4-1)14-19-20(17-10-5-2-6-11-17)25-27-22(19)24-21(26-27)18-12-7-13-23-15-18;1-3-7-15(8-4-1)13-17-19(16-9-5-2-6-10-16)25-27-21(17)24-20(26-27)18-14-22-11-12-23-18/h1-18H;4-12,14H,1-3H3;1-16H;1-15H;1-14H/b24-17-;;20-16-;19-14-;17-13-. The molecule has 0 amide bonds. The highest BCUT2D eigenvalue weighted by molar-refractivity contribution is 6.35. The number of anilines is 1. The van der Waals surface area contributed by atoms with E-state index in [9.17, 15) is 10.1 Å². The summed E-state index contributed by atoms with van der Waals surface area (Å²) in [6.07, 6.45) is 18.3. The molecule has 0 aliphatic carbocycles. The monoisotopic (exact) mass is 1830 g/mol. The zero-order valence-corrected chi connectivity index (χ0v) is 76.3. The van der Waals surface area contributed by atoms with Gasteiger partial charge in [0.15, 0.2) is 51.7 Å². The molecule has 0 fully saturated rings. The van der Waals surface area contributed by atoms with Crippen molar-refractivity contribution in [1.29, 1.82) is 5.26 Å². The van der Waals surface area contributed by atoms with Crippen LogP contribution in [0, 0.1) is 18.3 Å². The first-order chi connectivity index (χ1) is 69.5. The molecule has 0 unspecified atom stereocenters. The van der Waals surface area contributed by atoms with E-state index in [2.05, 4.69) is 184 Å². The van der Waals surface area contributed by atoms with Crippen LogP contribution in [0.25, 0.3) is 160 Å². The summed E-state index contributed by atoms with van der Waals surface area (Å²) in [5.74, 6) is 3.23. The highest BCUT2D eigenvalue weighted by atomic mass is 16.1. The van der Waals surface area contributed by atoms with Gasteiger partial charge in [-0.2, -0.15) is 5.26 Å². The topological polar surface area (TPSA) is 285 Å². The van der Waals surface area contributed by atoms with Crippen LogP contribution in [-0.2, 0) is 0 Å². The number of rotatable bonds is 15. The largest absolute Gasteiger partial charge is 0.378 e. The summed E-state index contributed by atoms with van der Waals surface area (Å²) < 4.78 is 7.91. The number of pyridine rings is 1. The molecule has 1 aliphatic heterocycles. The Kier molecular flexibility index (Phi) is 25.0. The van der Waals surface area contributed by atoms with E-state index in [0.717, 1.165) is 133 Å². The number of fused-ring (bicyclic) bond motifs is 6. The highest BCUT2D eigenvalue weighted by Gasteiger charge is 2.33. The average molecular weight is 1830 g/mol. The number of aliphatic imine (C=N–C) groups is 1. The van der Waals surface area contributed by atoms with E-state index >= 15 is 0 Å². The van der Waals surface area contributed by atoms with Gasteiger partial charge in [-0.05, 0) is 112 Å². The predicted molar refractivity (Wildman–Crippen MR) is 554 cm³/mol. The van der Waals surface area contributed by atoms with Gasteiger partial charge in [0.05, 0.1) is 11.9 Å². The van der Waals surface area contributed by atoms with Crippen LogP contribution in [0.15, 0.2) is 429 Å². The van der Waals surface area contributed by atoms with Crippen LogP contribution in [0.5, 0.6) is 0 Å². The fraction of sp³-hybridized carbons (Fsp3) is 0.0259. The zero-order chi connectivity index (χ0) is 95.3. The van der Waals surface area contributed by atoms with Gasteiger partial charge in [-0.25, -0.2) is 39.5 Å². The van der Waals surface area contributed by atoms with Crippen molar-refractivity contribution in [3.63, 3.8) is 0 Å². The van der Waals surface area contributed by atoms with Crippen molar-refractivity contribution in [2.45, 2.75) is 6.92 Å². The number of benzene rings is 13. The SMILES string of the molecule is C(/c1ccccc1)=c1\c(-c2ccc3ccccc3c2)nn2nc(-c3ccccc3)nc12.C(/c1ccccc1)=c1\c(-c2ccccc2)nn2nc(-c3ccccc3)nc12.C(/c1ccccc1)=c1\c(-c2ccccc2)nn2nc(-c3cccnc3)nc12.C(/c1ccccc1)=c1\c(-c2ccccc2)nn2nc(-c3cnccn3)nc12.Cc1cnc2n(c1=O)C(=Nc1ccc(N(C)C)cc1)C(c1ccccc1)=C2C#N. The number of aryl methyl sites for hydroxylation is 1. The molecule has 0 saturated carbocycles. The summed E-state index contributed by atoms with van der Waals surface area (Å²) in [6, 6.07) is 129. The second kappa shape index (κ2) is 40.1. The maximum atomic E-state index is 12.9. The maximum Gasteiger partial charge on any atom is 0.262 e. The van der Waals surface area contributed by atoms with E-state index in [-0.39, 0.29) is 5.56 Å². The minimum atomic E-state index is -0.225. The smallest absolute Gasteiger partial charge is 0.262 e. The fourth-order valence-corrected chi connectivity index (χ4v) is 16.4. The molecule has 25 rings (SSSR count). The summed E-state index contributed by atoms with van der Waals surface area (Å²) in [5, 5.41) is 53.4. The number of nitriles is 1. The number of hydrogen-bond donors (Lipinski definition) is 0. The van der Waals surface area contributed by atoms with Crippen molar-refractivity contribution in [3.05, 3.63) is 490 Å². The summed E-state index contributed by atoms with van der Waals surface area (Å²) in [7, 11) is 3.94. The number of allylic oxidation sites excluding steroid dienone is 2. The second-order valence-electron chi connectivity index (χ2n) is 33.0. The molecule has 25 nitrogen and oxygen atoms in total. The van der Waals surface area contributed by atoms with Gasteiger partial charge in [-0.1, -0.05) is 340 Å². The van der Waals surface area contributed by atoms with Gasteiger partial charge in [-0.15, -0.1) is 59.3 Å². The van der Waals surface area contributed by atoms with Gasteiger partial charge < -0.3 is 4.90 Å². The van der Waals surface area contributed by atoms with Crippen LogP contribution in [0.2, 0.25) is 0 Å². The van der Waals surface area contributed by atoms with Crippen LogP contribution >= 0.6 is 0 Å². The normalized spacial score (nSPS) is 12.4. The molecule has 0 N–H and O–H groups in total. The van der Waals surface area contributed by atoms with Gasteiger partial charge in [0.25, 0.3) is 5.56 Å². The van der Waals surface area contributed by atoms with Gasteiger partial charge in [-0.3, -0.25) is 14.8 Å². The van der Waals surface area contributed by atoms with Crippen LogP contribution in [0.1, 0.15) is 39.2 Å². The van der Waals surface area contributed by atoms with Crippen molar-refractivity contribution in [2.24, 2.45) is 4.99 Å². The second-order valence-corrected chi connectivity index (χ2v) is 33.0. The first-order valence-electron chi connectivity index (χ1n) is 45.4. The van der Waals surface area contributed by atoms with Gasteiger partial charge in [0.1, 0.15) is 40.1 Å². The van der Waals surface area contributed by atoms with Crippen LogP contribution in [0.4, 0.5) is 11.4 Å². The third-order valence-electron chi connectivity index (χ3n) is 23.3. The Morgan fingerprint density at radius 1 is 0.326 bits per heavy atom. The summed E-state index contributed by atoms with van der Waals surface area (Å²) in [4.78, 5) is 55.7. The van der Waals surface area contributed by atoms with Crippen LogP contribution in [0.3, 0.4) is 0 Å². The van der Waals surface area contributed by atoms with Gasteiger partial charge in [0.2, 0.25) is 5.82 Å². The molecule has 11 aromatic heterocycles. The Labute approximate surface area is 807 Å². The molecule has 141 heavy (non-hydrogen) atoms. The van der Waals surface area contributed by atoms with E-state index in [1.54, 1.807) is 56.4 Å². The van der Waals surface area contributed by atoms with E-state index in [1.165, 1.54) is 21.5 Å². The Morgan fingerprint density at radius 2 is 0.688 bits per heavy atom. The lowest BCUT2D eigenvalue weighted by atomic mass is 10.0.